The highest BCUT2D eigenvalue weighted by molar-refractivity contribution is 5.87. The van der Waals surface area contributed by atoms with Crippen molar-refractivity contribution in [2.75, 3.05) is 13.1 Å². The van der Waals surface area contributed by atoms with Crippen LogP contribution in [0.25, 0.3) is 0 Å². The van der Waals surface area contributed by atoms with E-state index < -0.39 is 12.1 Å². The summed E-state index contributed by atoms with van der Waals surface area (Å²) < 4.78 is 0. The number of amides is 4. The number of hydrogen-bond acceptors (Lipinski definition) is 3. The maximum absolute atomic E-state index is 12.6. The number of carbonyl (C=O) groups is 3. The summed E-state index contributed by atoms with van der Waals surface area (Å²) in [6.07, 6.45) is 3.87. The molecule has 7 heteroatoms. The lowest BCUT2D eigenvalue weighted by Gasteiger charge is -2.33. The minimum Gasteiger partial charge on any atom is -0.352 e. The molecule has 2 fully saturated rings. The average molecular weight is 358 g/mol. The molecule has 0 radical (unpaired) electrons. The molecule has 1 saturated carbocycles. The van der Waals surface area contributed by atoms with Gasteiger partial charge in [0.05, 0.1) is 0 Å². The zero-order valence-corrected chi connectivity index (χ0v) is 14.8. The van der Waals surface area contributed by atoms with Crippen LogP contribution in [0.1, 0.15) is 31.2 Å². The zero-order valence-electron chi connectivity index (χ0n) is 14.8. The van der Waals surface area contributed by atoms with Crippen molar-refractivity contribution in [3.63, 3.8) is 0 Å². The summed E-state index contributed by atoms with van der Waals surface area (Å²) in [5.41, 5.74) is 6.18. The second-order valence-corrected chi connectivity index (χ2v) is 7.13. The van der Waals surface area contributed by atoms with Crippen molar-refractivity contribution in [3.8, 4) is 0 Å². The van der Waals surface area contributed by atoms with Gasteiger partial charge in [-0.3, -0.25) is 9.59 Å². The third kappa shape index (κ3) is 4.97. The fourth-order valence-corrected chi connectivity index (χ4v) is 3.37. The van der Waals surface area contributed by atoms with Gasteiger partial charge in [0.1, 0.15) is 6.04 Å². The summed E-state index contributed by atoms with van der Waals surface area (Å²) in [4.78, 5) is 37.9. The van der Waals surface area contributed by atoms with Gasteiger partial charge in [0.2, 0.25) is 11.8 Å². The van der Waals surface area contributed by atoms with Gasteiger partial charge in [-0.25, -0.2) is 4.79 Å². The first-order chi connectivity index (χ1) is 12.5. The molecule has 0 spiro atoms. The average Bonchev–Trinajstić information content (AvgIpc) is 3.47. The van der Waals surface area contributed by atoms with E-state index in [2.05, 4.69) is 10.6 Å². The van der Waals surface area contributed by atoms with Crippen molar-refractivity contribution in [1.82, 2.24) is 15.5 Å². The van der Waals surface area contributed by atoms with Crippen LogP contribution in [0, 0.1) is 5.92 Å². The van der Waals surface area contributed by atoms with Crippen LogP contribution < -0.4 is 16.4 Å². The first-order valence-corrected chi connectivity index (χ1v) is 9.22. The maximum atomic E-state index is 12.6. The number of rotatable bonds is 6. The lowest BCUT2D eigenvalue weighted by Crippen LogP contribution is -2.54. The summed E-state index contributed by atoms with van der Waals surface area (Å²) in [6.45, 7) is 1.35. The molecule has 1 aliphatic carbocycles. The minimum absolute atomic E-state index is 0.0127. The Labute approximate surface area is 153 Å². The molecule has 26 heavy (non-hydrogen) atoms. The number of urea groups is 1. The molecule has 4 N–H and O–H groups in total. The molecule has 2 aliphatic rings. The third-order valence-electron chi connectivity index (χ3n) is 5.00. The van der Waals surface area contributed by atoms with E-state index in [1.54, 1.807) is 0 Å². The summed E-state index contributed by atoms with van der Waals surface area (Å²) in [5.74, 6) is 0.253. The van der Waals surface area contributed by atoms with Crippen LogP contribution in [0.15, 0.2) is 30.3 Å². The van der Waals surface area contributed by atoms with E-state index in [4.69, 9.17) is 5.73 Å². The van der Waals surface area contributed by atoms with E-state index in [-0.39, 0.29) is 23.8 Å². The zero-order chi connectivity index (χ0) is 18.5. The van der Waals surface area contributed by atoms with E-state index in [9.17, 15) is 14.4 Å². The van der Waals surface area contributed by atoms with Crippen LogP contribution in [0.5, 0.6) is 0 Å². The van der Waals surface area contributed by atoms with E-state index >= 15 is 0 Å². The van der Waals surface area contributed by atoms with E-state index in [1.807, 2.05) is 35.2 Å². The van der Waals surface area contributed by atoms with Crippen LogP contribution in [-0.4, -0.2) is 47.9 Å². The standard InChI is InChI=1S/C19H26N4O3/c20-19(26)22-16(12-13-4-2-1-3-5-13)17(24)21-15-8-10-23(11-9-15)18(25)14-6-7-14/h1-5,14-16H,6-12H2,(H,21,24)(H3,20,22,26)/t16-/m1/s1. The number of nitrogens with zero attached hydrogens (tertiary/aromatic N) is 1. The van der Waals surface area contributed by atoms with Gasteiger partial charge < -0.3 is 21.3 Å². The normalized spacial score (nSPS) is 18.8. The summed E-state index contributed by atoms with van der Waals surface area (Å²) in [7, 11) is 0. The summed E-state index contributed by atoms with van der Waals surface area (Å²) >= 11 is 0. The van der Waals surface area contributed by atoms with Crippen LogP contribution in [0.2, 0.25) is 0 Å². The van der Waals surface area contributed by atoms with Gasteiger partial charge in [0, 0.05) is 31.5 Å². The van der Waals surface area contributed by atoms with Crippen LogP contribution in [0.3, 0.4) is 0 Å². The lowest BCUT2D eigenvalue weighted by molar-refractivity contribution is -0.133. The number of nitrogens with two attached hydrogens (primary N) is 1. The van der Waals surface area contributed by atoms with Gasteiger partial charge in [0.25, 0.3) is 0 Å². The van der Waals surface area contributed by atoms with Gasteiger partial charge >= 0.3 is 6.03 Å². The second kappa shape index (κ2) is 8.21. The predicted molar refractivity (Wildman–Crippen MR) is 97.1 cm³/mol. The van der Waals surface area contributed by atoms with E-state index in [1.165, 1.54) is 0 Å². The minimum atomic E-state index is -0.717. The smallest absolute Gasteiger partial charge is 0.312 e. The highest BCUT2D eigenvalue weighted by atomic mass is 16.2. The van der Waals surface area contributed by atoms with Crippen LogP contribution in [-0.2, 0) is 16.0 Å². The molecule has 1 aromatic carbocycles. The highest BCUT2D eigenvalue weighted by Gasteiger charge is 2.35. The molecule has 4 amide bonds. The summed E-state index contributed by atoms with van der Waals surface area (Å²) in [5, 5.41) is 5.53. The van der Waals surface area contributed by atoms with Crippen molar-refractivity contribution in [3.05, 3.63) is 35.9 Å². The molecule has 1 heterocycles. The quantitative estimate of drug-likeness (QED) is 0.700. The molecule has 140 valence electrons. The SMILES string of the molecule is NC(=O)N[C@H](Cc1ccccc1)C(=O)NC1CCN(C(=O)C2CC2)CC1. The highest BCUT2D eigenvalue weighted by Crippen LogP contribution is 2.31. The fourth-order valence-electron chi connectivity index (χ4n) is 3.37. The number of likely N-dealkylation sites (tertiary alicyclic amines) is 1. The van der Waals surface area contributed by atoms with E-state index in [0.29, 0.717) is 19.5 Å². The Morgan fingerprint density at radius 1 is 1.08 bits per heavy atom. The van der Waals surface area contributed by atoms with Crippen molar-refractivity contribution in [2.24, 2.45) is 11.7 Å². The fraction of sp³-hybridized carbons (Fsp3) is 0.526. The number of benzene rings is 1. The number of piperidine rings is 1. The first kappa shape index (κ1) is 18.2. The molecule has 0 aromatic heterocycles. The Kier molecular flexibility index (Phi) is 5.75. The molecule has 1 saturated heterocycles. The van der Waals surface area contributed by atoms with Crippen molar-refractivity contribution >= 4 is 17.8 Å². The molecule has 1 atom stereocenters. The first-order valence-electron chi connectivity index (χ1n) is 9.22. The maximum Gasteiger partial charge on any atom is 0.312 e. The van der Waals surface area contributed by atoms with Gasteiger partial charge in [-0.1, -0.05) is 30.3 Å². The molecule has 1 aromatic rings. The second-order valence-electron chi connectivity index (χ2n) is 7.13. The van der Waals surface area contributed by atoms with Gasteiger partial charge in [-0.05, 0) is 31.2 Å². The van der Waals surface area contributed by atoms with E-state index in [0.717, 1.165) is 31.2 Å². The predicted octanol–water partition coefficient (Wildman–Crippen LogP) is 0.783. The largest absolute Gasteiger partial charge is 0.352 e. The number of hydrogen-bond donors (Lipinski definition) is 3. The van der Waals surface area contributed by atoms with Crippen molar-refractivity contribution < 1.29 is 14.4 Å². The molecular weight excluding hydrogens is 332 g/mol. The van der Waals surface area contributed by atoms with Crippen molar-refractivity contribution in [2.45, 2.75) is 44.2 Å². The Hall–Kier alpha value is -2.57. The van der Waals surface area contributed by atoms with Crippen LogP contribution in [0.4, 0.5) is 4.79 Å². The molecule has 1 aliphatic heterocycles. The molecule has 3 rings (SSSR count). The topological polar surface area (TPSA) is 105 Å². The van der Waals surface area contributed by atoms with Gasteiger partial charge in [-0.15, -0.1) is 0 Å². The van der Waals surface area contributed by atoms with Gasteiger partial charge in [0.15, 0.2) is 0 Å². The monoisotopic (exact) mass is 358 g/mol. The Morgan fingerprint density at radius 2 is 1.73 bits per heavy atom. The Balaban J connectivity index is 1.52. The molecule has 0 bridgehead atoms. The lowest BCUT2D eigenvalue weighted by atomic mass is 10.0. The third-order valence-corrected chi connectivity index (χ3v) is 5.00. The molecular formula is C19H26N4O3. The van der Waals surface area contributed by atoms with Crippen LogP contribution >= 0.6 is 0 Å². The van der Waals surface area contributed by atoms with Crippen molar-refractivity contribution in [1.29, 1.82) is 0 Å². The summed E-state index contributed by atoms with van der Waals surface area (Å²) in [6, 6.07) is 8.08. The molecule has 0 unspecified atom stereocenters. The number of primary amides is 1. The Bertz CT molecular complexity index is 652. The number of carbonyl (C=O) groups excluding carboxylic acids is 3. The number of nitrogens with one attached hydrogen (secondary N) is 2. The Morgan fingerprint density at radius 3 is 2.31 bits per heavy atom. The van der Waals surface area contributed by atoms with Gasteiger partial charge in [-0.2, -0.15) is 0 Å². The molecule has 7 nitrogen and oxygen atoms in total.